The molecule has 0 aliphatic carbocycles. The molecule has 3 rings (SSSR count). The lowest BCUT2D eigenvalue weighted by Gasteiger charge is -2.53. The van der Waals surface area contributed by atoms with Gasteiger partial charge in [-0.05, 0) is 41.2 Å². The van der Waals surface area contributed by atoms with Crippen molar-refractivity contribution in [2.45, 2.75) is 135 Å². The average Bonchev–Trinajstić information content (AvgIpc) is 2.93. The Morgan fingerprint density at radius 2 is 1.40 bits per heavy atom. The molecule has 40 heavy (non-hydrogen) atoms. The fraction of sp³-hybridized carbons (Fsp3) is 0.629. The van der Waals surface area contributed by atoms with Gasteiger partial charge >= 0.3 is 5.97 Å². The van der Waals surface area contributed by atoms with Crippen LogP contribution < -0.4 is 10.4 Å². The molecule has 3 nitrogen and oxygen atoms in total. The van der Waals surface area contributed by atoms with Gasteiger partial charge in [0.1, 0.15) is 6.10 Å². The summed E-state index contributed by atoms with van der Waals surface area (Å²) in [7, 11) is -1.54. The fourth-order valence-corrected chi connectivity index (χ4v) is 19.9. The third-order valence-electron chi connectivity index (χ3n) is 10.3. The van der Waals surface area contributed by atoms with E-state index in [-0.39, 0.29) is 28.7 Å². The van der Waals surface area contributed by atoms with Crippen molar-refractivity contribution in [3.63, 3.8) is 0 Å². The number of rotatable bonds is 14. The maximum Gasteiger partial charge on any atom is 0.306 e. The number of piperidine rings is 1. The molecule has 0 amide bonds. The molecule has 0 radical (unpaired) electrons. The molecule has 5 heteroatoms. The smallest absolute Gasteiger partial charge is 0.306 e. The van der Waals surface area contributed by atoms with Gasteiger partial charge in [0, 0.05) is 23.9 Å². The molecule has 1 aliphatic heterocycles. The molecule has 0 bridgehead atoms. The number of hydrogen-bond acceptors (Lipinski definition) is 3. The zero-order chi connectivity index (χ0) is 29.4. The lowest BCUT2D eigenvalue weighted by molar-refractivity contribution is -0.159. The molecule has 3 unspecified atom stereocenters. The van der Waals surface area contributed by atoms with E-state index >= 15 is 0 Å². The molecule has 2 aromatic carbocycles. The number of esters is 1. The minimum atomic E-state index is -2.26. The normalized spacial score (nSPS) is 20.4. The van der Waals surface area contributed by atoms with Crippen LogP contribution in [0.4, 0.5) is 0 Å². The van der Waals surface area contributed by atoms with E-state index in [1.807, 2.05) is 0 Å². The second-order valence-corrected chi connectivity index (χ2v) is 26.0. The van der Waals surface area contributed by atoms with E-state index in [2.05, 4.69) is 120 Å². The van der Waals surface area contributed by atoms with Crippen molar-refractivity contribution >= 4 is 32.2 Å². The molecule has 1 saturated heterocycles. The first-order valence-electron chi connectivity index (χ1n) is 16.0. The Kier molecular flexibility index (Phi) is 11.9. The Hall–Kier alpha value is -1.70. The van der Waals surface area contributed by atoms with E-state index in [4.69, 9.17) is 4.74 Å². The van der Waals surface area contributed by atoms with Gasteiger partial charge in [-0.25, -0.2) is 0 Å². The topological polar surface area (TPSA) is 29.5 Å². The Bertz CT molecular complexity index is 1020. The molecule has 222 valence electrons. The van der Waals surface area contributed by atoms with Crippen molar-refractivity contribution in [1.82, 2.24) is 4.90 Å². The van der Waals surface area contributed by atoms with E-state index < -0.39 is 15.9 Å². The minimum Gasteiger partial charge on any atom is -0.462 e. The van der Waals surface area contributed by atoms with Crippen LogP contribution in [0.3, 0.4) is 0 Å². The highest BCUT2D eigenvalue weighted by molar-refractivity contribution is 7.43. The van der Waals surface area contributed by atoms with Crippen molar-refractivity contribution in [3.8, 4) is 0 Å². The molecule has 3 atom stereocenters. The number of carbonyl (C=O) groups excluding carboxylic acids is 1. The van der Waals surface area contributed by atoms with Gasteiger partial charge in [0.2, 0.25) is 0 Å². The first-order chi connectivity index (χ1) is 18.9. The third kappa shape index (κ3) is 7.98. The number of benzene rings is 2. The summed E-state index contributed by atoms with van der Waals surface area (Å²) in [5.41, 5.74) is -0.0295. The van der Waals surface area contributed by atoms with Gasteiger partial charge in [-0.1, -0.05) is 136 Å². The third-order valence-corrected chi connectivity index (χ3v) is 25.6. The van der Waals surface area contributed by atoms with Gasteiger partial charge in [0.15, 0.2) is 0 Å². The maximum atomic E-state index is 14.5. The van der Waals surface area contributed by atoms with Gasteiger partial charge in [-0.3, -0.25) is 9.69 Å². The van der Waals surface area contributed by atoms with Crippen molar-refractivity contribution in [2.75, 3.05) is 7.05 Å². The van der Waals surface area contributed by atoms with Gasteiger partial charge in [0.05, 0.1) is 21.4 Å². The molecule has 0 spiro atoms. The van der Waals surface area contributed by atoms with Crippen molar-refractivity contribution < 1.29 is 9.53 Å². The highest BCUT2D eigenvalue weighted by Crippen LogP contribution is 2.40. The Morgan fingerprint density at radius 3 is 1.95 bits per heavy atom. The van der Waals surface area contributed by atoms with Crippen LogP contribution in [0.5, 0.6) is 0 Å². The van der Waals surface area contributed by atoms with Crippen LogP contribution in [-0.4, -0.2) is 51.0 Å². The number of hydrogen-bond donors (Lipinski definition) is 0. The van der Waals surface area contributed by atoms with Crippen LogP contribution in [0, 0.1) is 0 Å². The van der Waals surface area contributed by atoms with E-state index in [9.17, 15) is 4.79 Å². The van der Waals surface area contributed by atoms with Crippen LogP contribution in [0.1, 0.15) is 98.8 Å². The second kappa shape index (κ2) is 14.5. The molecule has 1 fully saturated rings. The summed E-state index contributed by atoms with van der Waals surface area (Å²) in [6.07, 6.45) is 11.5. The average molecular weight is 580 g/mol. The standard InChI is InChI=1S/C35H57NO2Si2/c1-9-10-11-12-13-14-21-26-32(33(37)38-29-27-34(2,3)36(6)35(4,5)28-29)40(8,31-24-19-16-20-25-31)39(7)30-22-17-15-18-23-30/h15-20,22-25,29,32,39H,9-14,21,26-28H2,1-8H3. The highest BCUT2D eigenvalue weighted by atomic mass is 29.2. The van der Waals surface area contributed by atoms with Crippen LogP contribution in [0.2, 0.25) is 18.6 Å². The monoisotopic (exact) mass is 579 g/mol. The summed E-state index contributed by atoms with van der Waals surface area (Å²) in [6, 6.07) is 22.1. The lowest BCUT2D eigenvalue weighted by atomic mass is 9.79. The van der Waals surface area contributed by atoms with Gasteiger partial charge < -0.3 is 4.74 Å². The highest BCUT2D eigenvalue weighted by Gasteiger charge is 2.50. The second-order valence-electron chi connectivity index (χ2n) is 13.9. The van der Waals surface area contributed by atoms with Crippen LogP contribution in [0.15, 0.2) is 60.7 Å². The minimum absolute atomic E-state index is 0.00702. The molecule has 0 N–H and O–H groups in total. The van der Waals surface area contributed by atoms with E-state index in [0.717, 1.165) is 25.7 Å². The summed E-state index contributed by atoms with van der Waals surface area (Å²) in [6.45, 7) is 16.4. The van der Waals surface area contributed by atoms with Crippen molar-refractivity contribution in [3.05, 3.63) is 60.7 Å². The van der Waals surface area contributed by atoms with Crippen LogP contribution in [-0.2, 0) is 9.53 Å². The summed E-state index contributed by atoms with van der Waals surface area (Å²) in [4.78, 5) is 17.0. The molecular formula is C35H57NO2Si2. The predicted molar refractivity (Wildman–Crippen MR) is 178 cm³/mol. The largest absolute Gasteiger partial charge is 0.462 e. The van der Waals surface area contributed by atoms with E-state index in [1.54, 1.807) is 0 Å². The molecular weight excluding hydrogens is 523 g/mol. The van der Waals surface area contributed by atoms with E-state index in [0.29, 0.717) is 0 Å². The number of carbonyl (C=O) groups is 1. The van der Waals surface area contributed by atoms with E-state index in [1.165, 1.54) is 48.9 Å². The zero-order valence-electron chi connectivity index (χ0n) is 26.8. The van der Waals surface area contributed by atoms with Gasteiger partial charge in [-0.2, -0.15) is 0 Å². The van der Waals surface area contributed by atoms with Crippen LogP contribution in [0.25, 0.3) is 0 Å². The maximum absolute atomic E-state index is 14.5. The SMILES string of the molecule is CCCCCCCCCC(C(=O)OC1CC(C)(C)N(C)C(C)(C)C1)[Si](C)(c1ccccc1)[SiH](C)c1ccccc1. The van der Waals surface area contributed by atoms with Gasteiger partial charge in [-0.15, -0.1) is 0 Å². The first-order valence-corrected chi connectivity index (χ1v) is 22.1. The number of ether oxygens (including phenoxy) is 1. The number of nitrogens with zero attached hydrogens (tertiary/aromatic N) is 1. The Balaban J connectivity index is 1.93. The zero-order valence-corrected chi connectivity index (χ0v) is 29.0. The van der Waals surface area contributed by atoms with Gasteiger partial charge in [0.25, 0.3) is 0 Å². The first kappa shape index (κ1) is 32.8. The van der Waals surface area contributed by atoms with Crippen LogP contribution >= 0.6 is 0 Å². The molecule has 0 saturated carbocycles. The quantitative estimate of drug-likeness (QED) is 0.132. The fourth-order valence-electron chi connectivity index (χ4n) is 7.22. The summed E-state index contributed by atoms with van der Waals surface area (Å²) < 4.78 is 6.63. The predicted octanol–water partition coefficient (Wildman–Crippen LogP) is 7.52. The molecule has 1 aliphatic rings. The Labute approximate surface area is 248 Å². The molecule has 1 heterocycles. The summed E-state index contributed by atoms with van der Waals surface area (Å²) in [5, 5.41) is 2.89. The molecule has 0 aromatic heterocycles. The lowest BCUT2D eigenvalue weighted by Crippen LogP contribution is -2.66. The number of unbranched alkanes of at least 4 members (excludes halogenated alkanes) is 6. The molecule has 2 aromatic rings. The summed E-state index contributed by atoms with van der Waals surface area (Å²) >= 11 is 0. The van der Waals surface area contributed by atoms with Crippen molar-refractivity contribution in [1.29, 1.82) is 0 Å². The summed E-state index contributed by atoms with van der Waals surface area (Å²) in [5.74, 6) is 0.0837. The van der Waals surface area contributed by atoms with Crippen molar-refractivity contribution in [2.24, 2.45) is 0 Å². The number of likely N-dealkylation sites (tertiary alicyclic amines) is 1. The Morgan fingerprint density at radius 1 is 0.900 bits per heavy atom.